The summed E-state index contributed by atoms with van der Waals surface area (Å²) >= 11 is 0. The monoisotopic (exact) mass is 393 g/mol. The lowest BCUT2D eigenvalue weighted by Crippen LogP contribution is -2.30. The highest BCUT2D eigenvalue weighted by molar-refractivity contribution is 4.89. The molecule has 2 unspecified atom stereocenters. The SMILES string of the molecule is CCCCCCCCCCC(C#N)CC(C)(CCCCCCCCCC)OC. The third-order valence-electron chi connectivity index (χ3n) is 6.32. The topological polar surface area (TPSA) is 33.0 Å². The van der Waals surface area contributed by atoms with Gasteiger partial charge in [-0.3, -0.25) is 0 Å². The largest absolute Gasteiger partial charge is 0.378 e. The van der Waals surface area contributed by atoms with Gasteiger partial charge in [0.25, 0.3) is 0 Å². The molecule has 0 saturated heterocycles. The number of nitriles is 1. The number of unbranched alkanes of at least 4 members (excludes halogenated alkanes) is 14. The second kappa shape index (κ2) is 19.8. The van der Waals surface area contributed by atoms with Gasteiger partial charge in [0.05, 0.1) is 11.7 Å². The lowest BCUT2D eigenvalue weighted by molar-refractivity contribution is -0.0185. The van der Waals surface area contributed by atoms with Crippen LogP contribution in [-0.2, 0) is 4.74 Å². The molecular formula is C26H51NO. The first-order chi connectivity index (χ1) is 13.6. The third-order valence-corrected chi connectivity index (χ3v) is 6.32. The molecule has 0 fully saturated rings. The van der Waals surface area contributed by atoms with Crippen molar-refractivity contribution >= 4 is 0 Å². The fourth-order valence-corrected chi connectivity index (χ4v) is 4.18. The van der Waals surface area contributed by atoms with Gasteiger partial charge in [0, 0.05) is 13.0 Å². The van der Waals surface area contributed by atoms with E-state index in [1.807, 2.05) is 7.11 Å². The summed E-state index contributed by atoms with van der Waals surface area (Å²) in [5.41, 5.74) is -0.122. The lowest BCUT2D eigenvalue weighted by Gasteiger charge is -2.30. The summed E-state index contributed by atoms with van der Waals surface area (Å²) in [7, 11) is 1.83. The van der Waals surface area contributed by atoms with E-state index in [4.69, 9.17) is 4.74 Å². The smallest absolute Gasteiger partial charge is 0.0663 e. The first kappa shape index (κ1) is 27.5. The van der Waals surface area contributed by atoms with E-state index < -0.39 is 0 Å². The minimum atomic E-state index is -0.122. The van der Waals surface area contributed by atoms with Crippen molar-refractivity contribution in [2.24, 2.45) is 5.92 Å². The van der Waals surface area contributed by atoms with Crippen molar-refractivity contribution in [1.29, 1.82) is 5.26 Å². The summed E-state index contributed by atoms with van der Waals surface area (Å²) in [6.07, 6.45) is 24.5. The highest BCUT2D eigenvalue weighted by Gasteiger charge is 2.27. The standard InChI is InChI=1S/C26H51NO/c1-5-7-9-11-13-15-17-19-21-25(24-27)23-26(3,28-4)22-20-18-16-14-12-10-8-6-2/h25H,5-23H2,1-4H3. The van der Waals surface area contributed by atoms with Crippen LogP contribution in [0.15, 0.2) is 0 Å². The number of methoxy groups -OCH3 is 1. The van der Waals surface area contributed by atoms with Crippen molar-refractivity contribution in [3.63, 3.8) is 0 Å². The average Bonchev–Trinajstić information content (AvgIpc) is 2.71. The highest BCUT2D eigenvalue weighted by Crippen LogP contribution is 2.29. The molecule has 166 valence electrons. The Morgan fingerprint density at radius 3 is 1.57 bits per heavy atom. The maximum atomic E-state index is 9.59. The van der Waals surface area contributed by atoms with Crippen LogP contribution in [0.3, 0.4) is 0 Å². The molecule has 0 amide bonds. The van der Waals surface area contributed by atoms with Gasteiger partial charge < -0.3 is 4.74 Å². The summed E-state index contributed by atoms with van der Waals surface area (Å²) in [5, 5.41) is 9.59. The molecule has 0 aliphatic heterocycles. The molecule has 0 radical (unpaired) electrons. The summed E-state index contributed by atoms with van der Waals surface area (Å²) in [6.45, 7) is 6.76. The second-order valence-electron chi connectivity index (χ2n) is 9.17. The van der Waals surface area contributed by atoms with Gasteiger partial charge in [-0.05, 0) is 26.2 Å². The Balaban J connectivity index is 3.88. The first-order valence-electron chi connectivity index (χ1n) is 12.6. The van der Waals surface area contributed by atoms with E-state index in [2.05, 4.69) is 26.8 Å². The molecule has 2 nitrogen and oxygen atoms in total. The predicted octanol–water partition coefficient (Wildman–Crippen LogP) is 8.98. The summed E-state index contributed by atoms with van der Waals surface area (Å²) < 4.78 is 5.86. The molecule has 28 heavy (non-hydrogen) atoms. The van der Waals surface area contributed by atoms with Crippen LogP contribution in [0.4, 0.5) is 0 Å². The van der Waals surface area contributed by atoms with E-state index in [-0.39, 0.29) is 11.5 Å². The minimum absolute atomic E-state index is 0.122. The Labute approximate surface area is 177 Å². The molecule has 0 aromatic carbocycles. The summed E-state index contributed by atoms with van der Waals surface area (Å²) in [5.74, 6) is 0.152. The van der Waals surface area contributed by atoms with Crippen LogP contribution in [0.5, 0.6) is 0 Å². The van der Waals surface area contributed by atoms with Gasteiger partial charge in [0.2, 0.25) is 0 Å². The molecule has 2 atom stereocenters. The number of nitrogens with zero attached hydrogens (tertiary/aromatic N) is 1. The Hall–Kier alpha value is -0.550. The molecule has 0 rings (SSSR count). The first-order valence-corrected chi connectivity index (χ1v) is 12.6. The van der Waals surface area contributed by atoms with Crippen LogP contribution < -0.4 is 0 Å². The number of rotatable bonds is 21. The zero-order valence-electron chi connectivity index (χ0n) is 19.9. The molecule has 0 heterocycles. The van der Waals surface area contributed by atoms with Gasteiger partial charge in [-0.15, -0.1) is 0 Å². The molecule has 0 N–H and O–H groups in total. The van der Waals surface area contributed by atoms with Crippen LogP contribution in [0.25, 0.3) is 0 Å². The predicted molar refractivity (Wildman–Crippen MR) is 124 cm³/mol. The Morgan fingerprint density at radius 1 is 0.714 bits per heavy atom. The normalized spacial score (nSPS) is 14.5. The van der Waals surface area contributed by atoms with E-state index in [1.54, 1.807) is 0 Å². The molecule has 0 bridgehead atoms. The maximum Gasteiger partial charge on any atom is 0.0663 e. The molecule has 0 aromatic rings. The molecule has 2 heteroatoms. The van der Waals surface area contributed by atoms with Crippen molar-refractivity contribution in [2.75, 3.05) is 7.11 Å². The fraction of sp³-hybridized carbons (Fsp3) is 0.962. The van der Waals surface area contributed by atoms with Gasteiger partial charge in [-0.2, -0.15) is 5.26 Å². The fourth-order valence-electron chi connectivity index (χ4n) is 4.18. The average molecular weight is 394 g/mol. The lowest BCUT2D eigenvalue weighted by atomic mass is 9.85. The van der Waals surface area contributed by atoms with E-state index in [0.29, 0.717) is 0 Å². The quantitative estimate of drug-likeness (QED) is 0.182. The van der Waals surface area contributed by atoms with E-state index in [0.717, 1.165) is 19.3 Å². The second-order valence-corrected chi connectivity index (χ2v) is 9.17. The summed E-state index contributed by atoms with van der Waals surface area (Å²) in [4.78, 5) is 0. The Bertz CT molecular complexity index is 362. The van der Waals surface area contributed by atoms with Gasteiger partial charge >= 0.3 is 0 Å². The molecule has 0 aliphatic rings. The Morgan fingerprint density at radius 2 is 1.14 bits per heavy atom. The van der Waals surface area contributed by atoms with Gasteiger partial charge in [-0.1, -0.05) is 117 Å². The molecule has 0 saturated carbocycles. The number of ether oxygens (including phenoxy) is 1. The molecule has 0 aliphatic carbocycles. The molecule has 0 spiro atoms. The molecule has 0 aromatic heterocycles. The van der Waals surface area contributed by atoms with Crippen LogP contribution in [-0.4, -0.2) is 12.7 Å². The van der Waals surface area contributed by atoms with Crippen molar-refractivity contribution in [1.82, 2.24) is 0 Å². The minimum Gasteiger partial charge on any atom is -0.378 e. The molecular weight excluding hydrogens is 342 g/mol. The van der Waals surface area contributed by atoms with Crippen molar-refractivity contribution in [3.8, 4) is 6.07 Å². The van der Waals surface area contributed by atoms with Gasteiger partial charge in [0.1, 0.15) is 0 Å². The van der Waals surface area contributed by atoms with Crippen LogP contribution >= 0.6 is 0 Å². The van der Waals surface area contributed by atoms with Crippen LogP contribution in [0, 0.1) is 17.2 Å². The van der Waals surface area contributed by atoms with Crippen molar-refractivity contribution in [3.05, 3.63) is 0 Å². The van der Waals surface area contributed by atoms with E-state index >= 15 is 0 Å². The highest BCUT2D eigenvalue weighted by atomic mass is 16.5. The van der Waals surface area contributed by atoms with E-state index in [9.17, 15) is 5.26 Å². The van der Waals surface area contributed by atoms with E-state index in [1.165, 1.54) is 103 Å². The van der Waals surface area contributed by atoms with Gasteiger partial charge in [0.15, 0.2) is 0 Å². The zero-order chi connectivity index (χ0) is 20.9. The Kier molecular flexibility index (Phi) is 19.4. The van der Waals surface area contributed by atoms with Crippen LogP contribution in [0.1, 0.15) is 143 Å². The zero-order valence-corrected chi connectivity index (χ0v) is 19.9. The number of hydrogen-bond acceptors (Lipinski definition) is 2. The number of hydrogen-bond donors (Lipinski definition) is 0. The third kappa shape index (κ3) is 16.4. The maximum absolute atomic E-state index is 9.59. The van der Waals surface area contributed by atoms with Gasteiger partial charge in [-0.25, -0.2) is 0 Å². The van der Waals surface area contributed by atoms with Crippen LogP contribution in [0.2, 0.25) is 0 Å². The summed E-state index contributed by atoms with van der Waals surface area (Å²) in [6, 6.07) is 2.56. The van der Waals surface area contributed by atoms with Crippen molar-refractivity contribution < 1.29 is 4.74 Å². The van der Waals surface area contributed by atoms with Crippen molar-refractivity contribution in [2.45, 2.75) is 148 Å².